The predicted molar refractivity (Wildman–Crippen MR) is 103 cm³/mol. The van der Waals surface area contributed by atoms with Crippen molar-refractivity contribution in [1.82, 2.24) is 0 Å². The lowest BCUT2D eigenvalue weighted by molar-refractivity contribution is 0.318. The molecule has 2 aromatic carbocycles. The average molecular weight is 429 g/mol. The van der Waals surface area contributed by atoms with E-state index < -0.39 is 26.0 Å². The maximum atomic E-state index is 11.0. The quantitative estimate of drug-likeness (QED) is 0.249. The van der Waals surface area contributed by atoms with Crippen molar-refractivity contribution in [2.45, 2.75) is 18.2 Å². The van der Waals surface area contributed by atoms with Crippen molar-refractivity contribution in [3.63, 3.8) is 0 Å². The topological polar surface area (TPSA) is 169 Å². The summed E-state index contributed by atoms with van der Waals surface area (Å²) in [5, 5.41) is 8.08. The van der Waals surface area contributed by atoms with E-state index in [1.807, 2.05) is 0 Å². The molecule has 0 radical (unpaired) electrons. The Kier molecular flexibility index (Phi) is 6.72. The van der Waals surface area contributed by atoms with Crippen molar-refractivity contribution in [2.24, 2.45) is 10.2 Å². The Bertz CT molecular complexity index is 1080. The van der Waals surface area contributed by atoms with Crippen LogP contribution in [0.1, 0.15) is 12.0 Å². The van der Waals surface area contributed by atoms with Gasteiger partial charge in [0, 0.05) is 6.07 Å². The minimum atomic E-state index is -4.28. The smallest absolute Gasteiger partial charge is 0.294 e. The maximum Gasteiger partial charge on any atom is 0.294 e. The van der Waals surface area contributed by atoms with Gasteiger partial charge in [0.15, 0.2) is 0 Å². The van der Waals surface area contributed by atoms with Gasteiger partial charge in [-0.3, -0.25) is 9.11 Å². The third-order valence-corrected chi connectivity index (χ3v) is 5.21. The van der Waals surface area contributed by atoms with Crippen molar-refractivity contribution < 1.29 is 30.7 Å². The van der Waals surface area contributed by atoms with Crippen LogP contribution in [0.25, 0.3) is 0 Å². The van der Waals surface area contributed by atoms with Crippen LogP contribution in [0.5, 0.6) is 5.75 Å². The largest absolute Gasteiger partial charge is 0.491 e. The van der Waals surface area contributed by atoms with Gasteiger partial charge in [-0.2, -0.15) is 27.1 Å². The molecule has 0 saturated carbocycles. The first-order valence-electron chi connectivity index (χ1n) is 7.93. The highest BCUT2D eigenvalue weighted by Crippen LogP contribution is 2.32. The molecule has 152 valence electrons. The van der Waals surface area contributed by atoms with Gasteiger partial charge >= 0.3 is 0 Å². The number of rotatable bonds is 8. The molecule has 4 N–H and O–H groups in total. The maximum absolute atomic E-state index is 11.0. The minimum Gasteiger partial charge on any atom is -0.491 e. The SMILES string of the molecule is Cc1cc(N)c(OCCCS(=O)(=O)O)cc1N=Nc1ccc(S(=O)(=O)O)cc1. The van der Waals surface area contributed by atoms with Gasteiger partial charge < -0.3 is 10.5 Å². The Labute approximate surface area is 162 Å². The van der Waals surface area contributed by atoms with E-state index in [1.165, 1.54) is 30.3 Å². The van der Waals surface area contributed by atoms with E-state index in [2.05, 4.69) is 10.2 Å². The molecule has 0 bridgehead atoms. The molecule has 0 unspecified atom stereocenters. The second kappa shape index (κ2) is 8.65. The molecule has 10 nitrogen and oxygen atoms in total. The van der Waals surface area contributed by atoms with Crippen molar-refractivity contribution in [1.29, 1.82) is 0 Å². The van der Waals surface area contributed by atoms with Crippen LogP contribution in [-0.4, -0.2) is 38.3 Å². The van der Waals surface area contributed by atoms with E-state index in [0.717, 1.165) is 0 Å². The zero-order valence-electron chi connectivity index (χ0n) is 14.8. The predicted octanol–water partition coefficient (Wildman–Crippen LogP) is 2.90. The van der Waals surface area contributed by atoms with Crippen LogP contribution in [0.15, 0.2) is 51.5 Å². The molecule has 0 aliphatic heterocycles. The van der Waals surface area contributed by atoms with E-state index in [4.69, 9.17) is 19.6 Å². The first kappa shape index (κ1) is 21.8. The summed E-state index contributed by atoms with van der Waals surface area (Å²) >= 11 is 0. The Morgan fingerprint density at radius 1 is 1.04 bits per heavy atom. The zero-order valence-corrected chi connectivity index (χ0v) is 16.4. The fourth-order valence-electron chi connectivity index (χ4n) is 2.15. The van der Waals surface area contributed by atoms with E-state index in [0.29, 0.717) is 22.6 Å². The lowest BCUT2D eigenvalue weighted by Gasteiger charge is -2.10. The molecule has 2 aromatic rings. The monoisotopic (exact) mass is 429 g/mol. The van der Waals surface area contributed by atoms with Crippen molar-refractivity contribution >= 4 is 37.3 Å². The van der Waals surface area contributed by atoms with Gasteiger partial charge in [-0.25, -0.2) is 0 Å². The number of nitrogens with two attached hydrogens (primary N) is 1. The van der Waals surface area contributed by atoms with Crippen LogP contribution in [0.4, 0.5) is 17.1 Å². The minimum absolute atomic E-state index is 0.0285. The van der Waals surface area contributed by atoms with Gasteiger partial charge in [-0.15, -0.1) is 0 Å². The molecule has 0 saturated heterocycles. The molecule has 0 aliphatic rings. The highest BCUT2D eigenvalue weighted by molar-refractivity contribution is 7.86. The van der Waals surface area contributed by atoms with Crippen molar-refractivity contribution in [3.05, 3.63) is 42.0 Å². The molecule has 12 heteroatoms. The van der Waals surface area contributed by atoms with Gasteiger partial charge in [-0.05, 0) is 49.2 Å². The molecular formula is C16H19N3O7S2. The van der Waals surface area contributed by atoms with Crippen LogP contribution in [0.2, 0.25) is 0 Å². The molecule has 2 rings (SSSR count). The van der Waals surface area contributed by atoms with Gasteiger partial charge in [0.1, 0.15) is 5.75 Å². The lowest BCUT2D eigenvalue weighted by atomic mass is 10.1. The van der Waals surface area contributed by atoms with Crippen LogP contribution in [-0.2, 0) is 20.2 Å². The average Bonchev–Trinajstić information content (AvgIpc) is 2.58. The summed E-state index contributed by atoms with van der Waals surface area (Å²) in [6.07, 6.45) is 0.0864. The summed E-state index contributed by atoms with van der Waals surface area (Å²) < 4.78 is 66.6. The number of nitrogens with zero attached hydrogens (tertiary/aromatic N) is 2. The molecule has 0 aromatic heterocycles. The molecule has 0 fully saturated rings. The number of hydrogen-bond acceptors (Lipinski definition) is 8. The van der Waals surface area contributed by atoms with E-state index in [1.54, 1.807) is 13.0 Å². The fraction of sp³-hybridized carbons (Fsp3) is 0.250. The number of hydrogen-bond donors (Lipinski definition) is 3. The van der Waals surface area contributed by atoms with Gasteiger partial charge in [-0.1, -0.05) is 0 Å². The Morgan fingerprint density at radius 3 is 2.25 bits per heavy atom. The molecule has 0 spiro atoms. The number of ether oxygens (including phenoxy) is 1. The summed E-state index contributed by atoms with van der Waals surface area (Å²) in [5.74, 6) is -0.137. The van der Waals surface area contributed by atoms with Gasteiger partial charge in [0.05, 0.1) is 34.3 Å². The normalized spacial score (nSPS) is 12.4. The van der Waals surface area contributed by atoms with Gasteiger partial charge in [0.2, 0.25) is 0 Å². The molecule has 0 heterocycles. The molecule has 0 atom stereocenters. The summed E-state index contributed by atoms with van der Waals surface area (Å²) in [4.78, 5) is -0.254. The number of anilines is 1. The van der Waals surface area contributed by atoms with E-state index >= 15 is 0 Å². The summed E-state index contributed by atoms with van der Waals surface area (Å²) in [5.41, 5.74) is 7.72. The van der Waals surface area contributed by atoms with Crippen LogP contribution < -0.4 is 10.5 Å². The van der Waals surface area contributed by atoms with E-state index in [9.17, 15) is 16.8 Å². The van der Waals surface area contributed by atoms with Crippen LogP contribution in [0.3, 0.4) is 0 Å². The second-order valence-corrected chi connectivity index (χ2v) is 8.83. The van der Waals surface area contributed by atoms with Crippen LogP contribution >= 0.6 is 0 Å². The highest BCUT2D eigenvalue weighted by atomic mass is 32.2. The Hall–Kier alpha value is -2.54. The fourth-order valence-corrected chi connectivity index (χ4v) is 3.11. The second-order valence-electron chi connectivity index (χ2n) is 5.83. The van der Waals surface area contributed by atoms with Gasteiger partial charge in [0.25, 0.3) is 20.2 Å². The summed E-state index contributed by atoms with van der Waals surface area (Å²) in [6, 6.07) is 8.31. The number of nitrogen functional groups attached to an aromatic ring is 1. The number of benzene rings is 2. The van der Waals surface area contributed by atoms with Crippen molar-refractivity contribution in [3.8, 4) is 5.75 Å². The Balaban J connectivity index is 2.13. The van der Waals surface area contributed by atoms with E-state index in [-0.39, 0.29) is 23.7 Å². The summed E-state index contributed by atoms with van der Waals surface area (Å²) in [7, 11) is -8.33. The zero-order chi connectivity index (χ0) is 20.9. The molecule has 0 amide bonds. The van der Waals surface area contributed by atoms with Crippen LogP contribution in [0, 0.1) is 6.92 Å². The third kappa shape index (κ3) is 6.56. The van der Waals surface area contributed by atoms with Crippen molar-refractivity contribution in [2.75, 3.05) is 18.1 Å². The molecule has 0 aliphatic carbocycles. The molecule has 28 heavy (non-hydrogen) atoms. The first-order chi connectivity index (χ1) is 13.0. The number of aryl methyl sites for hydroxylation is 1. The standard InChI is InChI=1S/C16H19N3O7S2/c1-11-9-14(17)16(26-7-2-8-27(20,21)22)10-15(11)19-18-12-3-5-13(6-4-12)28(23,24)25/h3-6,9-10H,2,7-8,17H2,1H3,(H,20,21,22)(H,23,24,25). The third-order valence-electron chi connectivity index (χ3n) is 3.54. The first-order valence-corrected chi connectivity index (χ1v) is 11.0. The number of azo groups is 1. The summed E-state index contributed by atoms with van der Waals surface area (Å²) in [6.45, 7) is 1.79. The highest BCUT2D eigenvalue weighted by Gasteiger charge is 2.10. The molecular weight excluding hydrogens is 410 g/mol. The lowest BCUT2D eigenvalue weighted by Crippen LogP contribution is -2.09. The Morgan fingerprint density at radius 2 is 1.68 bits per heavy atom.